The van der Waals surface area contributed by atoms with Crippen molar-refractivity contribution in [2.45, 2.75) is 95.8 Å². The van der Waals surface area contributed by atoms with Crippen LogP contribution < -0.4 is 0 Å². The summed E-state index contributed by atoms with van der Waals surface area (Å²) in [6.45, 7) is 8.45. The van der Waals surface area contributed by atoms with Gasteiger partial charge in [-0.2, -0.15) is 13.2 Å². The van der Waals surface area contributed by atoms with Crippen LogP contribution in [0.4, 0.5) is 13.2 Å². The van der Waals surface area contributed by atoms with Gasteiger partial charge in [0.1, 0.15) is 0 Å². The van der Waals surface area contributed by atoms with Crippen molar-refractivity contribution in [2.75, 3.05) is 7.11 Å². The van der Waals surface area contributed by atoms with Crippen LogP contribution in [0.3, 0.4) is 0 Å². The second-order valence-corrected chi connectivity index (χ2v) is 13.7. The minimum Gasteiger partial charge on any atom is -0.414 e. The monoisotopic (exact) mass is 472 g/mol. The van der Waals surface area contributed by atoms with Gasteiger partial charge in [-0.1, -0.05) is 70.9 Å². The van der Waals surface area contributed by atoms with E-state index in [0.717, 1.165) is 38.1 Å². The van der Waals surface area contributed by atoms with E-state index in [1.54, 1.807) is 6.07 Å². The molecular formula is C25H39F3O3Si. The molecule has 7 heteroatoms. The van der Waals surface area contributed by atoms with E-state index in [4.69, 9.17) is 9.16 Å². The molecule has 0 amide bonds. The van der Waals surface area contributed by atoms with Crippen LogP contribution >= 0.6 is 0 Å². The van der Waals surface area contributed by atoms with Crippen molar-refractivity contribution < 1.29 is 27.1 Å². The zero-order valence-electron chi connectivity index (χ0n) is 20.1. The SMILES string of the molecule is CC[C@H](O[Si](CC)(CC)CC)C1CCCCC1C(=O)[C@@](OC)(c1ccccc1)C(F)(F)F. The maximum Gasteiger partial charge on any atom is 0.428 e. The Balaban J connectivity index is 2.50. The zero-order valence-corrected chi connectivity index (χ0v) is 21.1. The molecule has 0 spiro atoms. The molecule has 0 heterocycles. The number of Topliss-reactive ketones (excluding diaryl/α,β-unsaturated/α-hetero) is 1. The molecule has 0 saturated heterocycles. The Labute approximate surface area is 192 Å². The van der Waals surface area contributed by atoms with Crippen molar-refractivity contribution in [1.82, 2.24) is 0 Å². The van der Waals surface area contributed by atoms with E-state index in [9.17, 15) is 18.0 Å². The Bertz CT molecular complexity index is 713. The van der Waals surface area contributed by atoms with Crippen LogP contribution in [0.25, 0.3) is 0 Å². The van der Waals surface area contributed by atoms with Gasteiger partial charge in [-0.05, 0) is 43.3 Å². The van der Waals surface area contributed by atoms with Gasteiger partial charge < -0.3 is 9.16 Å². The minimum atomic E-state index is -4.86. The molecule has 0 aromatic heterocycles. The Kier molecular flexibility index (Phi) is 9.55. The number of carbonyl (C=O) groups excluding carboxylic acids is 1. The van der Waals surface area contributed by atoms with Gasteiger partial charge in [0.25, 0.3) is 0 Å². The zero-order chi connectivity index (χ0) is 24.0. The van der Waals surface area contributed by atoms with Crippen molar-refractivity contribution in [3.05, 3.63) is 35.9 Å². The van der Waals surface area contributed by atoms with Gasteiger partial charge in [0, 0.05) is 24.7 Å². The predicted molar refractivity (Wildman–Crippen MR) is 124 cm³/mol. The van der Waals surface area contributed by atoms with Crippen molar-refractivity contribution in [3.63, 3.8) is 0 Å². The number of halogens is 3. The molecule has 1 aliphatic carbocycles. The predicted octanol–water partition coefficient (Wildman–Crippen LogP) is 7.27. The van der Waals surface area contributed by atoms with E-state index >= 15 is 0 Å². The quantitative estimate of drug-likeness (QED) is 0.318. The lowest BCUT2D eigenvalue weighted by Gasteiger charge is -2.44. The number of ketones is 1. The summed E-state index contributed by atoms with van der Waals surface area (Å²) in [5.41, 5.74) is -3.11. The summed E-state index contributed by atoms with van der Waals surface area (Å²) in [5.74, 6) is -1.84. The molecule has 1 fully saturated rings. The molecule has 1 saturated carbocycles. The first-order chi connectivity index (χ1) is 15.2. The third-order valence-electron chi connectivity index (χ3n) is 7.60. The van der Waals surface area contributed by atoms with Crippen LogP contribution in [-0.4, -0.2) is 33.5 Å². The maximum atomic E-state index is 14.5. The van der Waals surface area contributed by atoms with Gasteiger partial charge in [-0.3, -0.25) is 4.79 Å². The number of carbonyl (C=O) groups is 1. The van der Waals surface area contributed by atoms with Crippen molar-refractivity contribution >= 4 is 14.1 Å². The topological polar surface area (TPSA) is 35.5 Å². The molecule has 1 aromatic carbocycles. The molecule has 0 bridgehead atoms. The van der Waals surface area contributed by atoms with Crippen molar-refractivity contribution in [2.24, 2.45) is 11.8 Å². The highest BCUT2D eigenvalue weighted by Crippen LogP contribution is 2.48. The summed E-state index contributed by atoms with van der Waals surface area (Å²) >= 11 is 0. The Hall–Kier alpha value is -1.18. The largest absolute Gasteiger partial charge is 0.428 e. The summed E-state index contributed by atoms with van der Waals surface area (Å²) in [5, 5.41) is 0. The number of hydrogen-bond acceptors (Lipinski definition) is 3. The number of alkyl halides is 3. The van der Waals surface area contributed by atoms with Crippen molar-refractivity contribution in [3.8, 4) is 0 Å². The fourth-order valence-electron chi connectivity index (χ4n) is 5.44. The van der Waals surface area contributed by atoms with E-state index in [1.807, 2.05) is 6.92 Å². The van der Waals surface area contributed by atoms with Gasteiger partial charge >= 0.3 is 6.18 Å². The average Bonchev–Trinajstić information content (AvgIpc) is 2.81. The lowest BCUT2D eigenvalue weighted by molar-refractivity contribution is -0.267. The van der Waals surface area contributed by atoms with Crippen LogP contribution in [-0.2, 0) is 19.6 Å². The fourth-order valence-corrected chi connectivity index (χ4v) is 8.42. The lowest BCUT2D eigenvalue weighted by Crippen LogP contribution is -2.56. The fraction of sp³-hybridized carbons (Fsp3) is 0.720. The third kappa shape index (κ3) is 5.15. The average molecular weight is 473 g/mol. The number of hydrogen-bond donors (Lipinski definition) is 0. The second-order valence-electron chi connectivity index (χ2n) is 8.98. The molecule has 0 radical (unpaired) electrons. The molecule has 0 aliphatic heterocycles. The highest BCUT2D eigenvalue weighted by atomic mass is 28.4. The number of methoxy groups -OCH3 is 1. The molecular weight excluding hydrogens is 433 g/mol. The van der Waals surface area contributed by atoms with Gasteiger partial charge in [0.15, 0.2) is 14.1 Å². The summed E-state index contributed by atoms with van der Waals surface area (Å²) in [6.07, 6.45) is -1.56. The van der Waals surface area contributed by atoms with E-state index in [2.05, 4.69) is 20.8 Å². The van der Waals surface area contributed by atoms with Crippen LogP contribution in [0.1, 0.15) is 65.4 Å². The maximum absolute atomic E-state index is 14.5. The number of ether oxygens (including phenoxy) is 1. The highest BCUT2D eigenvalue weighted by molar-refractivity contribution is 6.73. The molecule has 2 unspecified atom stereocenters. The van der Waals surface area contributed by atoms with Gasteiger partial charge in [-0.25, -0.2) is 0 Å². The first kappa shape index (κ1) is 27.1. The number of benzene rings is 1. The first-order valence-corrected chi connectivity index (χ1v) is 14.6. The molecule has 3 nitrogen and oxygen atoms in total. The summed E-state index contributed by atoms with van der Waals surface area (Å²) in [6, 6.07) is 10.3. The van der Waals surface area contributed by atoms with Crippen LogP contribution in [0.2, 0.25) is 18.1 Å². The Morgan fingerprint density at radius 2 is 1.59 bits per heavy atom. The normalized spacial score (nSPS) is 22.9. The van der Waals surface area contributed by atoms with Gasteiger partial charge in [0.05, 0.1) is 0 Å². The molecule has 1 aromatic rings. The van der Waals surface area contributed by atoms with Crippen LogP contribution in [0.5, 0.6) is 0 Å². The van der Waals surface area contributed by atoms with Crippen LogP contribution in [0, 0.1) is 11.8 Å². The van der Waals surface area contributed by atoms with Gasteiger partial charge in [0.2, 0.25) is 5.60 Å². The molecule has 2 rings (SSSR count). The van der Waals surface area contributed by atoms with Crippen LogP contribution in [0.15, 0.2) is 30.3 Å². The minimum absolute atomic E-state index is 0.155. The summed E-state index contributed by atoms with van der Waals surface area (Å²) < 4.78 is 55.5. The Morgan fingerprint density at radius 1 is 1.03 bits per heavy atom. The first-order valence-electron chi connectivity index (χ1n) is 12.1. The summed E-state index contributed by atoms with van der Waals surface area (Å²) in [4.78, 5) is 13.8. The van der Waals surface area contributed by atoms with E-state index in [-0.39, 0.29) is 17.6 Å². The van der Waals surface area contributed by atoms with Crippen molar-refractivity contribution in [1.29, 1.82) is 0 Å². The lowest BCUT2D eigenvalue weighted by atomic mass is 9.68. The van der Waals surface area contributed by atoms with E-state index in [1.165, 1.54) is 24.3 Å². The smallest absolute Gasteiger partial charge is 0.414 e. The molecule has 1 aliphatic rings. The van der Waals surface area contributed by atoms with E-state index in [0.29, 0.717) is 19.3 Å². The highest BCUT2D eigenvalue weighted by Gasteiger charge is 2.64. The second kappa shape index (κ2) is 11.3. The standard InChI is InChI=1S/C25H39F3O3Si/c1-6-22(31-32(7-2,8-3)9-4)20-17-13-14-18-21(20)23(29)24(30-5,25(26,27)28)19-15-11-10-12-16-19/h10-12,15-16,20-22H,6-9,13-14,17-18H2,1-5H3/t20?,21?,22-,24-/m0/s1. The molecule has 4 atom stereocenters. The molecule has 182 valence electrons. The van der Waals surface area contributed by atoms with Gasteiger partial charge in [-0.15, -0.1) is 0 Å². The Morgan fingerprint density at radius 3 is 2.06 bits per heavy atom. The van der Waals surface area contributed by atoms with E-state index < -0.39 is 31.8 Å². The summed E-state index contributed by atoms with van der Waals surface area (Å²) in [7, 11) is -0.976. The number of rotatable bonds is 11. The third-order valence-corrected chi connectivity index (χ3v) is 12.3. The molecule has 0 N–H and O–H groups in total. The molecule has 32 heavy (non-hydrogen) atoms.